The number of para-hydroxylation sites is 1. The van der Waals surface area contributed by atoms with E-state index in [1.165, 1.54) is 19.1 Å². The van der Waals surface area contributed by atoms with Gasteiger partial charge in [-0.1, -0.05) is 26.0 Å². The largest absolute Gasteiger partial charge is 0.324 e. The van der Waals surface area contributed by atoms with Crippen molar-refractivity contribution in [3.8, 4) is 0 Å². The van der Waals surface area contributed by atoms with Crippen LogP contribution in [0.15, 0.2) is 47.4 Å². The Labute approximate surface area is 144 Å². The van der Waals surface area contributed by atoms with Gasteiger partial charge in [-0.25, -0.2) is 4.39 Å². The molecule has 0 spiro atoms. The first kappa shape index (κ1) is 18.0. The van der Waals surface area contributed by atoms with Crippen molar-refractivity contribution < 1.29 is 14.0 Å². The molecule has 24 heavy (non-hydrogen) atoms. The molecule has 6 heteroatoms. The van der Waals surface area contributed by atoms with E-state index < -0.39 is 11.7 Å². The minimum absolute atomic E-state index is 0.0139. The fourth-order valence-electron chi connectivity index (χ4n) is 2.07. The highest BCUT2D eigenvalue weighted by molar-refractivity contribution is 8.00. The van der Waals surface area contributed by atoms with Crippen LogP contribution in [0.1, 0.15) is 31.1 Å². The van der Waals surface area contributed by atoms with E-state index in [4.69, 9.17) is 0 Å². The molecule has 2 aromatic carbocycles. The van der Waals surface area contributed by atoms with E-state index in [-0.39, 0.29) is 17.2 Å². The maximum atomic E-state index is 13.7. The number of hydrogen-bond acceptors (Lipinski definition) is 3. The van der Waals surface area contributed by atoms with Crippen molar-refractivity contribution in [2.45, 2.75) is 30.9 Å². The third kappa shape index (κ3) is 4.83. The summed E-state index contributed by atoms with van der Waals surface area (Å²) in [7, 11) is 0. The number of nitrogens with one attached hydrogen (secondary N) is 2. The molecule has 0 saturated heterocycles. The highest BCUT2D eigenvalue weighted by atomic mass is 32.2. The molecule has 0 saturated carbocycles. The van der Waals surface area contributed by atoms with Crippen LogP contribution in [0.5, 0.6) is 0 Å². The molecule has 0 heterocycles. The van der Waals surface area contributed by atoms with Crippen LogP contribution in [0.25, 0.3) is 0 Å². The summed E-state index contributed by atoms with van der Waals surface area (Å²) in [6, 6.07) is 11.4. The third-order valence-electron chi connectivity index (χ3n) is 3.04. The van der Waals surface area contributed by atoms with E-state index in [0.717, 1.165) is 11.0 Å². The Morgan fingerprint density at radius 3 is 2.42 bits per heavy atom. The molecule has 0 bridgehead atoms. The number of carbonyl (C=O) groups excluding carboxylic acids is 2. The van der Waals surface area contributed by atoms with Crippen molar-refractivity contribution in [1.29, 1.82) is 0 Å². The normalized spacial score (nSPS) is 10.5. The van der Waals surface area contributed by atoms with Crippen LogP contribution in [0.2, 0.25) is 0 Å². The Kier molecular flexibility index (Phi) is 5.98. The van der Waals surface area contributed by atoms with Crippen molar-refractivity contribution in [3.05, 3.63) is 53.8 Å². The number of amides is 2. The Balaban J connectivity index is 2.23. The second-order valence-corrected chi connectivity index (χ2v) is 7.11. The summed E-state index contributed by atoms with van der Waals surface area (Å²) in [6.45, 7) is 5.43. The summed E-state index contributed by atoms with van der Waals surface area (Å²) in [5.74, 6) is -1.35. The number of hydrogen-bond donors (Lipinski definition) is 2. The predicted molar refractivity (Wildman–Crippen MR) is 96.1 cm³/mol. The molecule has 2 rings (SSSR count). The molecular weight excluding hydrogens is 327 g/mol. The molecule has 0 unspecified atom stereocenters. The lowest BCUT2D eigenvalue weighted by Crippen LogP contribution is -2.14. The Bertz CT molecular complexity index is 762. The smallest absolute Gasteiger partial charge is 0.255 e. The van der Waals surface area contributed by atoms with Gasteiger partial charge in [-0.3, -0.25) is 9.59 Å². The van der Waals surface area contributed by atoms with E-state index in [2.05, 4.69) is 24.5 Å². The van der Waals surface area contributed by atoms with Crippen molar-refractivity contribution in [2.24, 2.45) is 0 Å². The Hall–Kier alpha value is -2.34. The fraction of sp³-hybridized carbons (Fsp3) is 0.222. The van der Waals surface area contributed by atoms with Gasteiger partial charge >= 0.3 is 0 Å². The SMILES string of the molecule is CC(=O)Nc1cc(C(=O)Nc2ccccc2SC(C)C)ccc1F. The molecule has 2 aromatic rings. The van der Waals surface area contributed by atoms with Gasteiger partial charge in [0.15, 0.2) is 0 Å². The first-order valence-corrected chi connectivity index (χ1v) is 8.39. The fourth-order valence-corrected chi connectivity index (χ4v) is 2.98. The van der Waals surface area contributed by atoms with E-state index >= 15 is 0 Å². The lowest BCUT2D eigenvalue weighted by Gasteiger charge is -2.13. The van der Waals surface area contributed by atoms with Crippen LogP contribution in [-0.2, 0) is 4.79 Å². The average molecular weight is 346 g/mol. The van der Waals surface area contributed by atoms with Crippen LogP contribution in [0.4, 0.5) is 15.8 Å². The van der Waals surface area contributed by atoms with E-state index in [1.54, 1.807) is 11.8 Å². The third-order valence-corrected chi connectivity index (χ3v) is 4.12. The minimum atomic E-state index is -0.586. The molecule has 2 N–H and O–H groups in total. The zero-order valence-electron chi connectivity index (χ0n) is 13.7. The van der Waals surface area contributed by atoms with E-state index in [1.807, 2.05) is 24.3 Å². The van der Waals surface area contributed by atoms with Crippen LogP contribution in [0, 0.1) is 5.82 Å². The van der Waals surface area contributed by atoms with Gasteiger partial charge < -0.3 is 10.6 Å². The molecular formula is C18H19FN2O2S. The lowest BCUT2D eigenvalue weighted by molar-refractivity contribution is -0.114. The molecule has 0 radical (unpaired) electrons. The molecule has 126 valence electrons. The Morgan fingerprint density at radius 1 is 1.04 bits per heavy atom. The quantitative estimate of drug-likeness (QED) is 0.782. The number of benzene rings is 2. The first-order chi connectivity index (χ1) is 11.4. The molecule has 0 atom stereocenters. The van der Waals surface area contributed by atoms with Crippen LogP contribution < -0.4 is 10.6 Å². The molecule has 0 fully saturated rings. The average Bonchev–Trinajstić information content (AvgIpc) is 2.50. The van der Waals surface area contributed by atoms with Crippen molar-refractivity contribution in [2.75, 3.05) is 10.6 Å². The van der Waals surface area contributed by atoms with Gasteiger partial charge in [-0.15, -0.1) is 11.8 Å². The Morgan fingerprint density at radius 2 is 1.75 bits per heavy atom. The molecule has 2 amide bonds. The summed E-state index contributed by atoms with van der Waals surface area (Å²) >= 11 is 1.64. The van der Waals surface area contributed by atoms with Crippen molar-refractivity contribution in [1.82, 2.24) is 0 Å². The molecule has 0 aromatic heterocycles. The standard InChI is InChI=1S/C18H19FN2O2S/c1-11(2)24-17-7-5-4-6-15(17)21-18(23)13-8-9-14(19)16(10-13)20-12(3)22/h4-11H,1-3H3,(H,20,22)(H,21,23). The van der Waals surface area contributed by atoms with Crippen molar-refractivity contribution in [3.63, 3.8) is 0 Å². The molecule has 4 nitrogen and oxygen atoms in total. The molecule has 0 aliphatic carbocycles. The monoisotopic (exact) mass is 346 g/mol. The summed E-state index contributed by atoms with van der Waals surface area (Å²) in [6.07, 6.45) is 0. The summed E-state index contributed by atoms with van der Waals surface area (Å²) in [5.41, 5.74) is 0.955. The van der Waals surface area contributed by atoms with Gasteiger partial charge in [0.1, 0.15) is 5.82 Å². The van der Waals surface area contributed by atoms with E-state index in [9.17, 15) is 14.0 Å². The summed E-state index contributed by atoms with van der Waals surface area (Å²) in [4.78, 5) is 24.5. The maximum Gasteiger partial charge on any atom is 0.255 e. The summed E-state index contributed by atoms with van der Waals surface area (Å²) in [5, 5.41) is 5.58. The number of thioether (sulfide) groups is 1. The van der Waals surface area contributed by atoms with Gasteiger partial charge in [-0.05, 0) is 30.3 Å². The van der Waals surface area contributed by atoms with Gasteiger partial charge in [0.05, 0.1) is 11.4 Å². The predicted octanol–water partition coefficient (Wildman–Crippen LogP) is 4.54. The topological polar surface area (TPSA) is 58.2 Å². The molecule has 0 aliphatic rings. The number of anilines is 2. The van der Waals surface area contributed by atoms with Gasteiger partial charge in [0, 0.05) is 22.6 Å². The van der Waals surface area contributed by atoms with Gasteiger partial charge in [0.25, 0.3) is 5.91 Å². The van der Waals surface area contributed by atoms with Crippen LogP contribution in [0.3, 0.4) is 0 Å². The zero-order valence-corrected chi connectivity index (χ0v) is 14.5. The number of rotatable bonds is 5. The highest BCUT2D eigenvalue weighted by Crippen LogP contribution is 2.30. The number of halogens is 1. The zero-order chi connectivity index (χ0) is 17.7. The van der Waals surface area contributed by atoms with Gasteiger partial charge in [0.2, 0.25) is 5.91 Å². The lowest BCUT2D eigenvalue weighted by atomic mass is 10.1. The number of carbonyl (C=O) groups is 2. The maximum absolute atomic E-state index is 13.7. The molecule has 0 aliphatic heterocycles. The first-order valence-electron chi connectivity index (χ1n) is 7.51. The van der Waals surface area contributed by atoms with Crippen LogP contribution in [-0.4, -0.2) is 17.1 Å². The van der Waals surface area contributed by atoms with Gasteiger partial charge in [-0.2, -0.15) is 0 Å². The second kappa shape index (κ2) is 7.97. The second-order valence-electron chi connectivity index (χ2n) is 5.49. The highest BCUT2D eigenvalue weighted by Gasteiger charge is 2.13. The van der Waals surface area contributed by atoms with E-state index in [0.29, 0.717) is 10.9 Å². The van der Waals surface area contributed by atoms with Crippen molar-refractivity contribution >= 4 is 35.0 Å². The summed E-state index contributed by atoms with van der Waals surface area (Å²) < 4.78 is 13.7. The van der Waals surface area contributed by atoms with Crippen LogP contribution >= 0.6 is 11.8 Å². The minimum Gasteiger partial charge on any atom is -0.324 e.